The van der Waals surface area contributed by atoms with Crippen LogP contribution in [0.4, 0.5) is 0 Å². The fraction of sp³-hybridized carbons (Fsp3) is 0.923. The first-order chi connectivity index (χ1) is 7.43. The van der Waals surface area contributed by atoms with Gasteiger partial charge in [0.25, 0.3) is 0 Å². The molecule has 0 aromatic heterocycles. The highest BCUT2D eigenvalue weighted by atomic mass is 16.6. The van der Waals surface area contributed by atoms with Crippen LogP contribution in [-0.4, -0.2) is 17.1 Å². The summed E-state index contributed by atoms with van der Waals surface area (Å²) in [5.74, 6) is -0.199. The molecule has 3 nitrogen and oxygen atoms in total. The molecule has 0 heterocycles. The van der Waals surface area contributed by atoms with E-state index in [0.29, 0.717) is 0 Å². The van der Waals surface area contributed by atoms with Crippen LogP contribution in [0.3, 0.4) is 0 Å². The quantitative estimate of drug-likeness (QED) is 0.751. The third-order valence-corrected chi connectivity index (χ3v) is 3.84. The summed E-state index contributed by atoms with van der Waals surface area (Å²) in [7, 11) is 0. The maximum absolute atomic E-state index is 11.3. The molecule has 0 bridgehead atoms. The van der Waals surface area contributed by atoms with Crippen molar-refractivity contribution in [3.8, 4) is 0 Å². The molecule has 1 aliphatic carbocycles. The molecule has 1 rings (SSSR count). The molecular weight excluding hydrogens is 202 g/mol. The molecule has 0 aromatic rings. The minimum absolute atomic E-state index is 0.199. The number of nitrogens with two attached hydrogens (primary N) is 1. The lowest BCUT2D eigenvalue weighted by molar-refractivity contribution is -0.171. The van der Waals surface area contributed by atoms with Crippen molar-refractivity contribution in [2.45, 2.75) is 76.9 Å². The average molecular weight is 227 g/mol. The predicted molar refractivity (Wildman–Crippen MR) is 65.1 cm³/mol. The molecule has 0 radical (unpaired) electrons. The average Bonchev–Trinajstić information content (AvgIpc) is 2.18. The van der Waals surface area contributed by atoms with Gasteiger partial charge in [-0.2, -0.15) is 0 Å². The fourth-order valence-electron chi connectivity index (χ4n) is 2.78. The fourth-order valence-corrected chi connectivity index (χ4v) is 2.78. The molecule has 1 saturated carbocycles. The van der Waals surface area contributed by atoms with Crippen LogP contribution in [0.5, 0.6) is 0 Å². The van der Waals surface area contributed by atoms with Crippen molar-refractivity contribution in [2.75, 3.05) is 0 Å². The lowest BCUT2D eigenvalue weighted by Gasteiger charge is -2.49. The van der Waals surface area contributed by atoms with Crippen molar-refractivity contribution < 1.29 is 9.53 Å². The van der Waals surface area contributed by atoms with Crippen molar-refractivity contribution >= 4 is 5.97 Å². The zero-order valence-corrected chi connectivity index (χ0v) is 10.8. The maximum atomic E-state index is 11.3. The lowest BCUT2D eigenvalue weighted by atomic mass is 9.68. The zero-order valence-electron chi connectivity index (χ0n) is 10.8. The highest BCUT2D eigenvalue weighted by molar-refractivity contribution is 5.66. The van der Waals surface area contributed by atoms with Crippen LogP contribution in [0.15, 0.2) is 0 Å². The Kier molecular flexibility index (Phi) is 4.36. The standard InChI is InChI=1S/C13H25NO2/c1-4-5-9-13(16-11(2)15)10-7-6-8-12(13,3)14/h4-10,14H2,1-3H3. The van der Waals surface area contributed by atoms with Crippen LogP contribution >= 0.6 is 0 Å². The summed E-state index contributed by atoms with van der Waals surface area (Å²) in [5, 5.41) is 0. The third-order valence-electron chi connectivity index (χ3n) is 3.84. The number of esters is 1. The van der Waals surface area contributed by atoms with Crippen molar-refractivity contribution in [1.29, 1.82) is 0 Å². The molecule has 0 saturated heterocycles. The van der Waals surface area contributed by atoms with Gasteiger partial charge in [0.15, 0.2) is 0 Å². The largest absolute Gasteiger partial charge is 0.457 e. The molecule has 1 aliphatic rings. The van der Waals surface area contributed by atoms with Gasteiger partial charge in [-0.1, -0.05) is 19.8 Å². The van der Waals surface area contributed by atoms with Crippen LogP contribution in [0.1, 0.15) is 65.7 Å². The van der Waals surface area contributed by atoms with Gasteiger partial charge in [-0.3, -0.25) is 4.79 Å². The molecule has 2 unspecified atom stereocenters. The number of hydrogen-bond donors (Lipinski definition) is 1. The van der Waals surface area contributed by atoms with Crippen LogP contribution in [0.2, 0.25) is 0 Å². The van der Waals surface area contributed by atoms with E-state index in [-0.39, 0.29) is 11.5 Å². The highest BCUT2D eigenvalue weighted by Crippen LogP contribution is 2.41. The van der Waals surface area contributed by atoms with E-state index in [4.69, 9.17) is 10.5 Å². The van der Waals surface area contributed by atoms with Crippen LogP contribution < -0.4 is 5.73 Å². The third kappa shape index (κ3) is 2.76. The van der Waals surface area contributed by atoms with Crippen LogP contribution in [0, 0.1) is 0 Å². The highest BCUT2D eigenvalue weighted by Gasteiger charge is 2.49. The first-order valence-electron chi connectivity index (χ1n) is 6.42. The second kappa shape index (κ2) is 5.17. The number of carbonyl (C=O) groups excluding carboxylic acids is 1. The number of hydrogen-bond acceptors (Lipinski definition) is 3. The summed E-state index contributed by atoms with van der Waals surface area (Å²) in [6, 6.07) is 0. The van der Waals surface area contributed by atoms with Crippen molar-refractivity contribution in [2.24, 2.45) is 5.73 Å². The van der Waals surface area contributed by atoms with E-state index >= 15 is 0 Å². The summed E-state index contributed by atoms with van der Waals surface area (Å²) in [4.78, 5) is 11.3. The van der Waals surface area contributed by atoms with E-state index in [0.717, 1.165) is 44.9 Å². The van der Waals surface area contributed by atoms with Gasteiger partial charge in [0.2, 0.25) is 0 Å². The van der Waals surface area contributed by atoms with Gasteiger partial charge in [0, 0.05) is 6.92 Å². The molecule has 2 N–H and O–H groups in total. The molecule has 3 heteroatoms. The van der Waals surface area contributed by atoms with Gasteiger partial charge >= 0.3 is 5.97 Å². The molecule has 0 aliphatic heterocycles. The predicted octanol–water partition coefficient (Wildman–Crippen LogP) is 2.77. The molecule has 1 fully saturated rings. The van der Waals surface area contributed by atoms with Crippen molar-refractivity contribution in [1.82, 2.24) is 0 Å². The summed E-state index contributed by atoms with van der Waals surface area (Å²) in [5.41, 5.74) is 5.58. The van der Waals surface area contributed by atoms with Gasteiger partial charge in [-0.25, -0.2) is 0 Å². The van der Waals surface area contributed by atoms with Gasteiger partial charge in [-0.05, 0) is 39.0 Å². The summed E-state index contributed by atoms with van der Waals surface area (Å²) < 4.78 is 5.63. The lowest BCUT2D eigenvalue weighted by Crippen LogP contribution is -2.62. The van der Waals surface area contributed by atoms with Gasteiger partial charge in [0.05, 0.1) is 5.54 Å². The normalized spacial score (nSPS) is 34.8. The first kappa shape index (κ1) is 13.5. The first-order valence-corrected chi connectivity index (χ1v) is 6.42. The van der Waals surface area contributed by atoms with Crippen LogP contribution in [-0.2, 0) is 9.53 Å². The molecule has 2 atom stereocenters. The molecule has 0 aromatic carbocycles. The Balaban J connectivity index is 2.85. The van der Waals surface area contributed by atoms with E-state index < -0.39 is 5.60 Å². The second-order valence-corrected chi connectivity index (χ2v) is 5.32. The minimum Gasteiger partial charge on any atom is -0.457 e. The van der Waals surface area contributed by atoms with E-state index in [1.807, 2.05) is 6.92 Å². The minimum atomic E-state index is -0.424. The number of unbranched alkanes of at least 4 members (excludes halogenated alkanes) is 1. The summed E-state index contributed by atoms with van der Waals surface area (Å²) in [6.45, 7) is 5.67. The van der Waals surface area contributed by atoms with Gasteiger partial charge in [-0.15, -0.1) is 0 Å². The molecule has 0 amide bonds. The summed E-state index contributed by atoms with van der Waals surface area (Å²) >= 11 is 0. The van der Waals surface area contributed by atoms with E-state index in [1.54, 1.807) is 0 Å². The second-order valence-electron chi connectivity index (χ2n) is 5.32. The SMILES string of the molecule is CCCCC1(OC(C)=O)CCCCC1(C)N. The molecule has 16 heavy (non-hydrogen) atoms. The Labute approximate surface area is 98.7 Å². The molecular formula is C13H25NO2. The zero-order chi connectivity index (χ0) is 12.2. The summed E-state index contributed by atoms with van der Waals surface area (Å²) in [6.07, 6.45) is 7.20. The number of ether oxygens (including phenoxy) is 1. The molecule has 0 spiro atoms. The Bertz CT molecular complexity index is 250. The number of carbonyl (C=O) groups is 1. The van der Waals surface area contributed by atoms with E-state index in [1.165, 1.54) is 6.92 Å². The topological polar surface area (TPSA) is 52.3 Å². The van der Waals surface area contributed by atoms with Crippen molar-refractivity contribution in [3.05, 3.63) is 0 Å². The van der Waals surface area contributed by atoms with E-state index in [9.17, 15) is 4.79 Å². The maximum Gasteiger partial charge on any atom is 0.303 e. The van der Waals surface area contributed by atoms with E-state index in [2.05, 4.69) is 6.92 Å². The van der Waals surface area contributed by atoms with Crippen molar-refractivity contribution in [3.63, 3.8) is 0 Å². The number of rotatable bonds is 4. The monoisotopic (exact) mass is 227 g/mol. The van der Waals surface area contributed by atoms with Gasteiger partial charge < -0.3 is 10.5 Å². The molecule has 94 valence electrons. The Morgan fingerprint density at radius 1 is 1.38 bits per heavy atom. The smallest absolute Gasteiger partial charge is 0.303 e. The van der Waals surface area contributed by atoms with Gasteiger partial charge in [0.1, 0.15) is 5.60 Å². The Morgan fingerprint density at radius 2 is 2.00 bits per heavy atom. The Hall–Kier alpha value is -0.570. The Morgan fingerprint density at radius 3 is 2.50 bits per heavy atom. The van der Waals surface area contributed by atoms with Crippen LogP contribution in [0.25, 0.3) is 0 Å².